The molecule has 0 saturated heterocycles. The van der Waals surface area contributed by atoms with Gasteiger partial charge in [-0.1, -0.05) is 23.2 Å². The van der Waals surface area contributed by atoms with Crippen LogP contribution in [0.25, 0.3) is 0 Å². The number of rotatable bonds is 3. The first-order valence-electron chi connectivity index (χ1n) is 3.64. The summed E-state index contributed by atoms with van der Waals surface area (Å²) < 4.78 is 0. The van der Waals surface area contributed by atoms with Crippen LogP contribution in [0.3, 0.4) is 0 Å². The van der Waals surface area contributed by atoms with Crippen LogP contribution in [-0.2, 0) is 0 Å². The molecule has 2 nitrogen and oxygen atoms in total. The number of halogens is 2. The second-order valence-electron chi connectivity index (χ2n) is 2.43. The molecular weight excluding hydrogens is 241 g/mol. The zero-order chi connectivity index (χ0) is 10.6. The van der Waals surface area contributed by atoms with Gasteiger partial charge in [0.2, 0.25) is 0 Å². The molecule has 0 aliphatic carbocycles. The summed E-state index contributed by atoms with van der Waals surface area (Å²) in [4.78, 5) is 11.4. The number of benzene rings is 1. The number of ketones is 1. The molecule has 0 fully saturated rings. The lowest BCUT2D eigenvalue weighted by Crippen LogP contribution is -2.02. The smallest absolute Gasteiger partial charge is 0.175 e. The SMILES string of the molecule is N#CSCC(=O)c1ccc(Cl)cc1Cl. The molecule has 0 radical (unpaired) electrons. The van der Waals surface area contributed by atoms with Crippen LogP contribution in [0.2, 0.25) is 10.0 Å². The van der Waals surface area contributed by atoms with Crippen molar-refractivity contribution in [1.82, 2.24) is 0 Å². The van der Waals surface area contributed by atoms with E-state index in [0.717, 1.165) is 11.8 Å². The van der Waals surface area contributed by atoms with Gasteiger partial charge in [0, 0.05) is 10.6 Å². The van der Waals surface area contributed by atoms with Crippen molar-refractivity contribution in [3.05, 3.63) is 33.8 Å². The monoisotopic (exact) mass is 245 g/mol. The van der Waals surface area contributed by atoms with Crippen LogP contribution in [-0.4, -0.2) is 11.5 Å². The molecule has 0 spiro atoms. The molecule has 1 aromatic carbocycles. The first kappa shape index (κ1) is 11.4. The predicted molar refractivity (Wildman–Crippen MR) is 58.9 cm³/mol. The molecule has 0 aromatic heterocycles. The lowest BCUT2D eigenvalue weighted by Gasteiger charge is -2.01. The molecule has 0 aliphatic heterocycles. The minimum absolute atomic E-state index is 0.109. The molecule has 5 heteroatoms. The number of carbonyl (C=O) groups excluding carboxylic acids is 1. The van der Waals surface area contributed by atoms with Crippen molar-refractivity contribution in [2.75, 3.05) is 5.75 Å². The quantitative estimate of drug-likeness (QED) is 0.606. The highest BCUT2D eigenvalue weighted by Crippen LogP contribution is 2.22. The van der Waals surface area contributed by atoms with Gasteiger partial charge in [-0.2, -0.15) is 5.26 Å². The Hall–Kier alpha value is -0.690. The van der Waals surface area contributed by atoms with E-state index in [1.54, 1.807) is 12.1 Å². The number of carbonyl (C=O) groups is 1. The highest BCUT2D eigenvalue weighted by Gasteiger charge is 2.10. The fourth-order valence-corrected chi connectivity index (χ4v) is 1.76. The number of hydrogen-bond donors (Lipinski definition) is 0. The Morgan fingerprint density at radius 2 is 2.21 bits per heavy atom. The molecule has 0 saturated carbocycles. The van der Waals surface area contributed by atoms with E-state index in [4.69, 9.17) is 28.5 Å². The highest BCUT2D eigenvalue weighted by atomic mass is 35.5. The van der Waals surface area contributed by atoms with Crippen LogP contribution in [0.5, 0.6) is 0 Å². The van der Waals surface area contributed by atoms with Gasteiger partial charge < -0.3 is 0 Å². The third-order valence-electron chi connectivity index (χ3n) is 1.50. The normalized spacial score (nSPS) is 9.50. The third-order valence-corrected chi connectivity index (χ3v) is 2.58. The number of Topliss-reactive ketones (excluding diaryl/α,β-unsaturated/α-hetero) is 1. The molecule has 72 valence electrons. The number of nitrogens with zero attached hydrogens (tertiary/aromatic N) is 1. The average Bonchev–Trinajstić information content (AvgIpc) is 2.14. The van der Waals surface area contributed by atoms with Crippen molar-refractivity contribution in [2.24, 2.45) is 0 Å². The second kappa shape index (κ2) is 5.26. The number of nitriles is 1. The van der Waals surface area contributed by atoms with Gasteiger partial charge in [-0.25, -0.2) is 0 Å². The Balaban J connectivity index is 2.86. The summed E-state index contributed by atoms with van der Waals surface area (Å²) in [6, 6.07) is 4.66. The molecule has 0 heterocycles. The van der Waals surface area contributed by atoms with Crippen molar-refractivity contribution in [3.63, 3.8) is 0 Å². The van der Waals surface area contributed by atoms with Crippen LogP contribution < -0.4 is 0 Å². The van der Waals surface area contributed by atoms with Crippen molar-refractivity contribution in [1.29, 1.82) is 5.26 Å². The van der Waals surface area contributed by atoms with E-state index in [0.29, 0.717) is 15.6 Å². The summed E-state index contributed by atoms with van der Waals surface area (Å²) in [5.41, 5.74) is 0.402. The molecule has 0 atom stereocenters. The van der Waals surface area contributed by atoms with E-state index < -0.39 is 0 Å². The van der Waals surface area contributed by atoms with Gasteiger partial charge in [-0.05, 0) is 30.0 Å². The molecule has 0 bridgehead atoms. The van der Waals surface area contributed by atoms with E-state index in [-0.39, 0.29) is 11.5 Å². The molecule has 14 heavy (non-hydrogen) atoms. The van der Waals surface area contributed by atoms with Gasteiger partial charge >= 0.3 is 0 Å². The lowest BCUT2D eigenvalue weighted by molar-refractivity contribution is 0.102. The number of hydrogen-bond acceptors (Lipinski definition) is 3. The first-order chi connectivity index (χ1) is 6.65. The van der Waals surface area contributed by atoms with Crippen LogP contribution >= 0.6 is 35.0 Å². The lowest BCUT2D eigenvalue weighted by atomic mass is 10.1. The highest BCUT2D eigenvalue weighted by molar-refractivity contribution is 8.04. The zero-order valence-corrected chi connectivity index (χ0v) is 9.29. The van der Waals surface area contributed by atoms with Gasteiger partial charge in [-0.3, -0.25) is 4.79 Å². The van der Waals surface area contributed by atoms with Crippen LogP contribution in [0.1, 0.15) is 10.4 Å². The summed E-state index contributed by atoms with van der Waals surface area (Å²) >= 11 is 12.4. The largest absolute Gasteiger partial charge is 0.293 e. The predicted octanol–water partition coefficient (Wildman–Crippen LogP) is 3.39. The molecule has 0 aliphatic rings. The summed E-state index contributed by atoms with van der Waals surface area (Å²) in [6.07, 6.45) is 0. The van der Waals surface area contributed by atoms with Gasteiger partial charge in [-0.15, -0.1) is 0 Å². The number of thioether (sulfide) groups is 1. The molecule has 0 unspecified atom stereocenters. The maximum Gasteiger partial charge on any atom is 0.175 e. The van der Waals surface area contributed by atoms with E-state index in [9.17, 15) is 4.79 Å². The van der Waals surface area contributed by atoms with E-state index in [1.165, 1.54) is 6.07 Å². The maximum atomic E-state index is 11.4. The molecule has 0 amide bonds. The third kappa shape index (κ3) is 2.91. The zero-order valence-electron chi connectivity index (χ0n) is 6.96. The summed E-state index contributed by atoms with van der Waals surface area (Å²) in [5, 5.41) is 10.9. The summed E-state index contributed by atoms with van der Waals surface area (Å²) in [6.45, 7) is 0. The van der Waals surface area contributed by atoms with Gasteiger partial charge in [0.15, 0.2) is 5.78 Å². The van der Waals surface area contributed by atoms with Gasteiger partial charge in [0.05, 0.1) is 10.8 Å². The maximum absolute atomic E-state index is 11.4. The average molecular weight is 246 g/mol. The fraction of sp³-hybridized carbons (Fsp3) is 0.111. The van der Waals surface area contributed by atoms with Gasteiger partial charge in [0.25, 0.3) is 0 Å². The fourth-order valence-electron chi connectivity index (χ4n) is 0.891. The topological polar surface area (TPSA) is 40.9 Å². The molecule has 1 rings (SSSR count). The Kier molecular flexibility index (Phi) is 4.27. The minimum atomic E-state index is -0.168. The van der Waals surface area contributed by atoms with Crippen molar-refractivity contribution >= 4 is 40.7 Å². The second-order valence-corrected chi connectivity index (χ2v) is 4.03. The van der Waals surface area contributed by atoms with Crippen molar-refractivity contribution < 1.29 is 4.79 Å². The van der Waals surface area contributed by atoms with E-state index in [1.807, 2.05) is 5.40 Å². The number of thiocyanates is 1. The van der Waals surface area contributed by atoms with Crippen molar-refractivity contribution in [2.45, 2.75) is 0 Å². The van der Waals surface area contributed by atoms with Crippen LogP contribution in [0, 0.1) is 10.7 Å². The van der Waals surface area contributed by atoms with Crippen LogP contribution in [0.4, 0.5) is 0 Å². The van der Waals surface area contributed by atoms with E-state index in [2.05, 4.69) is 0 Å². The Morgan fingerprint density at radius 3 is 2.79 bits per heavy atom. The van der Waals surface area contributed by atoms with Crippen molar-refractivity contribution in [3.8, 4) is 5.40 Å². The molecular formula is C9H5Cl2NOS. The van der Waals surface area contributed by atoms with E-state index >= 15 is 0 Å². The van der Waals surface area contributed by atoms with Crippen LogP contribution in [0.15, 0.2) is 18.2 Å². The molecule has 1 aromatic rings. The Morgan fingerprint density at radius 1 is 1.50 bits per heavy atom. The molecule has 0 N–H and O–H groups in total. The Labute approximate surface area is 95.8 Å². The summed E-state index contributed by atoms with van der Waals surface area (Å²) in [5.74, 6) is -0.0593. The standard InChI is InChI=1S/C9H5Cl2NOS/c10-6-1-2-7(8(11)3-6)9(13)4-14-5-12/h1-3H,4H2. The first-order valence-corrected chi connectivity index (χ1v) is 5.38. The summed E-state index contributed by atoms with van der Waals surface area (Å²) in [7, 11) is 0. The Bertz CT molecular complexity index is 400. The minimum Gasteiger partial charge on any atom is -0.293 e. The van der Waals surface area contributed by atoms with Gasteiger partial charge in [0.1, 0.15) is 5.40 Å².